The molecule has 1 aliphatic carbocycles. The highest BCUT2D eigenvalue weighted by Crippen LogP contribution is 2.37. The second-order valence-corrected chi connectivity index (χ2v) is 4.52. The van der Waals surface area contributed by atoms with Crippen molar-refractivity contribution in [1.82, 2.24) is 0 Å². The van der Waals surface area contributed by atoms with Crippen LogP contribution in [0.15, 0.2) is 30.3 Å². The third-order valence-electron chi connectivity index (χ3n) is 3.54. The smallest absolute Gasteiger partial charge is 0.0533 e. The van der Waals surface area contributed by atoms with Gasteiger partial charge in [0.05, 0.1) is 6.61 Å². The third-order valence-corrected chi connectivity index (χ3v) is 3.54. The van der Waals surface area contributed by atoms with Gasteiger partial charge in [-0.3, -0.25) is 0 Å². The quantitative estimate of drug-likeness (QED) is 0.728. The molecule has 0 radical (unpaired) electrons. The molecular weight excluding hydrogens is 184 g/mol. The van der Waals surface area contributed by atoms with Crippen molar-refractivity contribution in [3.8, 4) is 0 Å². The molecule has 2 rings (SSSR count). The van der Waals surface area contributed by atoms with Crippen LogP contribution in [0.2, 0.25) is 0 Å². The SMILES string of the molecule is COCC(c1ccccc1)C1CCCC1. The zero-order valence-electron chi connectivity index (χ0n) is 9.49. The minimum absolute atomic E-state index is 0.610. The molecule has 1 aromatic rings. The number of benzene rings is 1. The van der Waals surface area contributed by atoms with Gasteiger partial charge in [0.2, 0.25) is 0 Å². The monoisotopic (exact) mass is 204 g/mol. The Morgan fingerprint density at radius 3 is 2.47 bits per heavy atom. The van der Waals surface area contributed by atoms with Crippen LogP contribution in [-0.4, -0.2) is 13.7 Å². The van der Waals surface area contributed by atoms with Gasteiger partial charge in [-0.15, -0.1) is 0 Å². The van der Waals surface area contributed by atoms with Gasteiger partial charge in [-0.25, -0.2) is 0 Å². The topological polar surface area (TPSA) is 9.23 Å². The van der Waals surface area contributed by atoms with Gasteiger partial charge in [0.1, 0.15) is 0 Å². The van der Waals surface area contributed by atoms with E-state index in [9.17, 15) is 0 Å². The molecule has 0 saturated heterocycles. The highest BCUT2D eigenvalue weighted by molar-refractivity contribution is 5.20. The summed E-state index contributed by atoms with van der Waals surface area (Å²) in [5, 5.41) is 0. The van der Waals surface area contributed by atoms with Crippen molar-refractivity contribution in [3.05, 3.63) is 35.9 Å². The summed E-state index contributed by atoms with van der Waals surface area (Å²) in [7, 11) is 1.81. The first-order valence-electron chi connectivity index (χ1n) is 5.95. The van der Waals surface area contributed by atoms with E-state index in [4.69, 9.17) is 4.74 Å². The molecule has 1 saturated carbocycles. The fraction of sp³-hybridized carbons (Fsp3) is 0.571. The van der Waals surface area contributed by atoms with Crippen molar-refractivity contribution >= 4 is 0 Å². The number of hydrogen-bond donors (Lipinski definition) is 0. The molecule has 0 N–H and O–H groups in total. The van der Waals surface area contributed by atoms with Gasteiger partial charge in [0.25, 0.3) is 0 Å². The summed E-state index contributed by atoms with van der Waals surface area (Å²) in [6.07, 6.45) is 5.56. The first-order chi connectivity index (χ1) is 7.42. The van der Waals surface area contributed by atoms with Crippen LogP contribution in [0.25, 0.3) is 0 Å². The highest BCUT2D eigenvalue weighted by atomic mass is 16.5. The number of ether oxygens (including phenoxy) is 1. The molecule has 15 heavy (non-hydrogen) atoms. The van der Waals surface area contributed by atoms with Gasteiger partial charge in [-0.1, -0.05) is 43.2 Å². The molecule has 0 amide bonds. The molecule has 0 aromatic heterocycles. The lowest BCUT2D eigenvalue weighted by Gasteiger charge is -2.23. The Morgan fingerprint density at radius 1 is 1.20 bits per heavy atom. The Balaban J connectivity index is 2.11. The summed E-state index contributed by atoms with van der Waals surface area (Å²) in [5.74, 6) is 1.45. The molecule has 1 unspecified atom stereocenters. The molecule has 0 aliphatic heterocycles. The largest absolute Gasteiger partial charge is 0.384 e. The molecule has 1 aliphatic rings. The highest BCUT2D eigenvalue weighted by Gasteiger charge is 2.25. The predicted octanol–water partition coefficient (Wildman–Crippen LogP) is 3.61. The summed E-state index contributed by atoms with van der Waals surface area (Å²) < 4.78 is 5.37. The molecule has 1 aromatic carbocycles. The summed E-state index contributed by atoms with van der Waals surface area (Å²) in [5.41, 5.74) is 1.45. The lowest BCUT2D eigenvalue weighted by Crippen LogP contribution is -2.15. The van der Waals surface area contributed by atoms with Gasteiger partial charge >= 0.3 is 0 Å². The molecule has 0 heterocycles. The van der Waals surface area contributed by atoms with Crippen LogP contribution in [0.3, 0.4) is 0 Å². The molecule has 1 nitrogen and oxygen atoms in total. The fourth-order valence-electron chi connectivity index (χ4n) is 2.74. The van der Waals surface area contributed by atoms with E-state index < -0.39 is 0 Å². The second kappa shape index (κ2) is 5.32. The van der Waals surface area contributed by atoms with E-state index in [0.717, 1.165) is 12.5 Å². The molecule has 0 spiro atoms. The first-order valence-corrected chi connectivity index (χ1v) is 5.95. The van der Waals surface area contributed by atoms with Crippen molar-refractivity contribution in [1.29, 1.82) is 0 Å². The molecule has 0 bridgehead atoms. The van der Waals surface area contributed by atoms with Crippen LogP contribution < -0.4 is 0 Å². The van der Waals surface area contributed by atoms with Crippen molar-refractivity contribution in [2.75, 3.05) is 13.7 Å². The lowest BCUT2D eigenvalue weighted by atomic mass is 9.85. The Bertz CT molecular complexity index is 275. The summed E-state index contributed by atoms with van der Waals surface area (Å²) in [6, 6.07) is 10.8. The van der Waals surface area contributed by atoms with E-state index in [-0.39, 0.29) is 0 Å². The van der Waals surface area contributed by atoms with Crippen LogP contribution >= 0.6 is 0 Å². The minimum Gasteiger partial charge on any atom is -0.384 e. The fourth-order valence-corrected chi connectivity index (χ4v) is 2.74. The van der Waals surface area contributed by atoms with Crippen LogP contribution in [0.5, 0.6) is 0 Å². The van der Waals surface area contributed by atoms with Crippen LogP contribution in [0.4, 0.5) is 0 Å². The predicted molar refractivity (Wildman–Crippen MR) is 63.0 cm³/mol. The molecule has 82 valence electrons. The Morgan fingerprint density at radius 2 is 1.87 bits per heavy atom. The van der Waals surface area contributed by atoms with Gasteiger partial charge < -0.3 is 4.74 Å². The third kappa shape index (κ3) is 2.60. The van der Waals surface area contributed by atoms with Crippen LogP contribution in [0, 0.1) is 5.92 Å². The average Bonchev–Trinajstić information content (AvgIpc) is 2.80. The van der Waals surface area contributed by atoms with E-state index in [0.29, 0.717) is 5.92 Å². The molecule has 1 atom stereocenters. The minimum atomic E-state index is 0.610. The number of hydrogen-bond acceptors (Lipinski definition) is 1. The van der Waals surface area contributed by atoms with Crippen molar-refractivity contribution in [3.63, 3.8) is 0 Å². The standard InChI is InChI=1S/C14H20O/c1-15-11-14(13-9-5-6-10-13)12-7-3-2-4-8-12/h2-4,7-8,13-14H,5-6,9-11H2,1H3. The van der Waals surface area contributed by atoms with Gasteiger partial charge in [-0.2, -0.15) is 0 Å². The Kier molecular flexibility index (Phi) is 3.79. The van der Waals surface area contributed by atoms with E-state index in [1.807, 2.05) is 7.11 Å². The Labute approximate surface area is 92.5 Å². The lowest BCUT2D eigenvalue weighted by molar-refractivity contribution is 0.156. The zero-order chi connectivity index (χ0) is 10.5. The van der Waals surface area contributed by atoms with Crippen molar-refractivity contribution in [2.24, 2.45) is 5.92 Å². The van der Waals surface area contributed by atoms with E-state index >= 15 is 0 Å². The zero-order valence-corrected chi connectivity index (χ0v) is 9.49. The average molecular weight is 204 g/mol. The maximum absolute atomic E-state index is 5.37. The van der Waals surface area contributed by atoms with Gasteiger partial charge in [-0.05, 0) is 24.3 Å². The Hall–Kier alpha value is -0.820. The molecule has 1 heteroatoms. The number of rotatable bonds is 4. The number of methoxy groups -OCH3 is 1. The van der Waals surface area contributed by atoms with Crippen molar-refractivity contribution < 1.29 is 4.74 Å². The van der Waals surface area contributed by atoms with E-state index in [2.05, 4.69) is 30.3 Å². The molecule has 1 fully saturated rings. The van der Waals surface area contributed by atoms with E-state index in [1.54, 1.807) is 0 Å². The van der Waals surface area contributed by atoms with Gasteiger partial charge in [0.15, 0.2) is 0 Å². The first kappa shape index (κ1) is 10.7. The van der Waals surface area contributed by atoms with E-state index in [1.165, 1.54) is 31.2 Å². The summed E-state index contributed by atoms with van der Waals surface area (Å²) in [6.45, 7) is 0.870. The maximum Gasteiger partial charge on any atom is 0.0533 e. The maximum atomic E-state index is 5.37. The summed E-state index contributed by atoms with van der Waals surface area (Å²) >= 11 is 0. The van der Waals surface area contributed by atoms with Crippen molar-refractivity contribution in [2.45, 2.75) is 31.6 Å². The second-order valence-electron chi connectivity index (χ2n) is 4.52. The molecular formula is C14H20O. The van der Waals surface area contributed by atoms with Crippen LogP contribution in [0.1, 0.15) is 37.2 Å². The summed E-state index contributed by atoms with van der Waals surface area (Å²) in [4.78, 5) is 0. The normalized spacial score (nSPS) is 19.3. The van der Waals surface area contributed by atoms with Crippen LogP contribution in [-0.2, 0) is 4.74 Å². The van der Waals surface area contributed by atoms with Gasteiger partial charge in [0, 0.05) is 13.0 Å².